The Bertz CT molecular complexity index is 1180. The van der Waals surface area contributed by atoms with Gasteiger partial charge in [0.2, 0.25) is 5.71 Å². The number of hydrogen-bond donors (Lipinski definition) is 0. The molecule has 5 rings (SSSR count). The van der Waals surface area contributed by atoms with Crippen LogP contribution in [-0.4, -0.2) is 15.0 Å². The van der Waals surface area contributed by atoms with Crippen LogP contribution in [0.25, 0.3) is 44.5 Å². The number of furan rings is 1. The van der Waals surface area contributed by atoms with Gasteiger partial charge < -0.3 is 4.42 Å². The van der Waals surface area contributed by atoms with Gasteiger partial charge in [0.25, 0.3) is 0 Å². The SMILES string of the molecule is c1ccc2nc(-c3ccc4c(n3)oc3ccccc34)ncc2c1. The first-order valence-electron chi connectivity index (χ1n) is 7.39. The number of pyridine rings is 1. The van der Waals surface area contributed by atoms with Crippen LogP contribution in [0.2, 0.25) is 0 Å². The second-order valence-electron chi connectivity index (χ2n) is 5.40. The molecule has 0 saturated heterocycles. The molecular weight excluding hydrogens is 286 g/mol. The van der Waals surface area contributed by atoms with Crippen LogP contribution < -0.4 is 0 Å². The molecule has 0 spiro atoms. The molecule has 4 nitrogen and oxygen atoms in total. The second-order valence-corrected chi connectivity index (χ2v) is 5.40. The summed E-state index contributed by atoms with van der Waals surface area (Å²) in [6.07, 6.45) is 1.82. The van der Waals surface area contributed by atoms with Crippen LogP contribution in [0.1, 0.15) is 0 Å². The molecule has 108 valence electrons. The van der Waals surface area contributed by atoms with Crippen molar-refractivity contribution in [3.63, 3.8) is 0 Å². The van der Waals surface area contributed by atoms with Gasteiger partial charge in [0.15, 0.2) is 5.82 Å². The molecule has 5 aromatic rings. The fourth-order valence-electron chi connectivity index (χ4n) is 2.83. The molecule has 2 aromatic carbocycles. The van der Waals surface area contributed by atoms with Gasteiger partial charge in [-0.1, -0.05) is 36.4 Å². The summed E-state index contributed by atoms with van der Waals surface area (Å²) >= 11 is 0. The van der Waals surface area contributed by atoms with Crippen LogP contribution >= 0.6 is 0 Å². The van der Waals surface area contributed by atoms with Gasteiger partial charge in [0.1, 0.15) is 11.3 Å². The molecular formula is C19H11N3O. The first-order valence-corrected chi connectivity index (χ1v) is 7.39. The first-order chi connectivity index (χ1) is 11.4. The molecule has 0 fully saturated rings. The third-order valence-electron chi connectivity index (χ3n) is 3.96. The van der Waals surface area contributed by atoms with Gasteiger partial charge in [-0.15, -0.1) is 0 Å². The number of fused-ring (bicyclic) bond motifs is 4. The topological polar surface area (TPSA) is 51.8 Å². The largest absolute Gasteiger partial charge is 0.438 e. The molecule has 0 aliphatic rings. The van der Waals surface area contributed by atoms with Gasteiger partial charge in [0, 0.05) is 22.4 Å². The third kappa shape index (κ3) is 1.89. The quantitative estimate of drug-likeness (QED) is 0.454. The molecule has 0 N–H and O–H groups in total. The van der Waals surface area contributed by atoms with Crippen molar-refractivity contribution < 1.29 is 4.42 Å². The van der Waals surface area contributed by atoms with Crippen molar-refractivity contribution in [2.45, 2.75) is 0 Å². The molecule has 3 aromatic heterocycles. The van der Waals surface area contributed by atoms with E-state index in [0.29, 0.717) is 17.2 Å². The summed E-state index contributed by atoms with van der Waals surface area (Å²) in [6.45, 7) is 0. The number of rotatable bonds is 1. The summed E-state index contributed by atoms with van der Waals surface area (Å²) in [7, 11) is 0. The number of nitrogens with zero attached hydrogens (tertiary/aromatic N) is 3. The van der Waals surface area contributed by atoms with Gasteiger partial charge >= 0.3 is 0 Å². The van der Waals surface area contributed by atoms with Gasteiger partial charge in [-0.25, -0.2) is 15.0 Å². The van der Waals surface area contributed by atoms with E-state index >= 15 is 0 Å². The molecule has 0 amide bonds. The second kappa shape index (κ2) is 4.61. The zero-order valence-electron chi connectivity index (χ0n) is 12.1. The zero-order chi connectivity index (χ0) is 15.2. The Morgan fingerprint density at radius 1 is 0.739 bits per heavy atom. The molecule has 0 aliphatic heterocycles. The van der Waals surface area contributed by atoms with Crippen LogP contribution in [0.15, 0.2) is 71.3 Å². The lowest BCUT2D eigenvalue weighted by atomic mass is 10.2. The van der Waals surface area contributed by atoms with Gasteiger partial charge in [-0.3, -0.25) is 0 Å². The third-order valence-corrected chi connectivity index (χ3v) is 3.96. The standard InChI is InChI=1S/C19H11N3O/c1-3-7-15-12(5-1)11-20-18(21-15)16-10-9-14-13-6-2-4-8-17(13)23-19(14)22-16/h1-11H. The van der Waals surface area contributed by atoms with Crippen molar-refractivity contribution in [3.05, 3.63) is 66.9 Å². The molecule has 0 radical (unpaired) electrons. The lowest BCUT2D eigenvalue weighted by Crippen LogP contribution is -1.92. The molecule has 3 heterocycles. The molecule has 0 aliphatic carbocycles. The average Bonchev–Trinajstić information content (AvgIpc) is 2.99. The number of benzene rings is 2. The number of hydrogen-bond acceptors (Lipinski definition) is 4. The van der Waals surface area contributed by atoms with Crippen molar-refractivity contribution in [1.82, 2.24) is 15.0 Å². The summed E-state index contributed by atoms with van der Waals surface area (Å²) in [4.78, 5) is 13.6. The van der Waals surface area contributed by atoms with Gasteiger partial charge in [-0.05, 0) is 24.3 Å². The molecule has 0 atom stereocenters. The van der Waals surface area contributed by atoms with Crippen LogP contribution in [0.4, 0.5) is 0 Å². The lowest BCUT2D eigenvalue weighted by molar-refractivity contribution is 0.654. The normalized spacial score (nSPS) is 11.5. The smallest absolute Gasteiger partial charge is 0.227 e. The lowest BCUT2D eigenvalue weighted by Gasteiger charge is -2.01. The van der Waals surface area contributed by atoms with Crippen molar-refractivity contribution in [2.75, 3.05) is 0 Å². The fraction of sp³-hybridized carbons (Fsp3) is 0. The minimum absolute atomic E-state index is 0.603. The Morgan fingerprint density at radius 2 is 1.61 bits per heavy atom. The van der Waals surface area contributed by atoms with E-state index in [1.54, 1.807) is 0 Å². The predicted molar refractivity (Wildman–Crippen MR) is 90.0 cm³/mol. The fourth-order valence-corrected chi connectivity index (χ4v) is 2.83. The van der Waals surface area contributed by atoms with Gasteiger partial charge in [-0.2, -0.15) is 0 Å². The highest BCUT2D eigenvalue weighted by Crippen LogP contribution is 2.29. The maximum atomic E-state index is 5.84. The molecule has 0 saturated carbocycles. The van der Waals surface area contributed by atoms with Crippen molar-refractivity contribution in [2.24, 2.45) is 0 Å². The molecule has 4 heteroatoms. The summed E-state index contributed by atoms with van der Waals surface area (Å²) in [6, 6.07) is 19.8. The Kier molecular flexibility index (Phi) is 2.46. The van der Waals surface area contributed by atoms with Gasteiger partial charge in [0.05, 0.1) is 5.52 Å². The predicted octanol–water partition coefficient (Wildman–Crippen LogP) is 4.59. The van der Waals surface area contributed by atoms with E-state index in [4.69, 9.17) is 4.42 Å². The van der Waals surface area contributed by atoms with E-state index in [2.05, 4.69) is 15.0 Å². The van der Waals surface area contributed by atoms with E-state index in [0.717, 1.165) is 27.3 Å². The first kappa shape index (κ1) is 12.3. The van der Waals surface area contributed by atoms with Crippen molar-refractivity contribution >= 4 is 33.0 Å². The highest BCUT2D eigenvalue weighted by atomic mass is 16.3. The molecule has 0 bridgehead atoms. The van der Waals surface area contributed by atoms with Crippen LogP contribution in [0.3, 0.4) is 0 Å². The Balaban J connectivity index is 1.73. The van der Waals surface area contributed by atoms with Crippen molar-refractivity contribution in [1.29, 1.82) is 0 Å². The molecule has 0 unspecified atom stereocenters. The molecule has 23 heavy (non-hydrogen) atoms. The van der Waals surface area contributed by atoms with Crippen LogP contribution in [0, 0.1) is 0 Å². The Hall–Kier alpha value is -3.27. The summed E-state index contributed by atoms with van der Waals surface area (Å²) in [5.41, 5.74) is 3.07. The summed E-state index contributed by atoms with van der Waals surface area (Å²) in [5, 5.41) is 3.09. The minimum Gasteiger partial charge on any atom is -0.438 e. The number of aromatic nitrogens is 3. The highest BCUT2D eigenvalue weighted by Gasteiger charge is 2.11. The van der Waals surface area contributed by atoms with E-state index in [1.165, 1.54) is 0 Å². The Labute approximate surface area is 131 Å². The van der Waals surface area contributed by atoms with E-state index in [-0.39, 0.29) is 0 Å². The highest BCUT2D eigenvalue weighted by molar-refractivity contribution is 6.03. The van der Waals surface area contributed by atoms with E-state index < -0.39 is 0 Å². The van der Waals surface area contributed by atoms with E-state index in [9.17, 15) is 0 Å². The Morgan fingerprint density at radius 3 is 2.61 bits per heavy atom. The maximum absolute atomic E-state index is 5.84. The monoisotopic (exact) mass is 297 g/mol. The van der Waals surface area contributed by atoms with E-state index in [1.807, 2.05) is 66.9 Å². The zero-order valence-corrected chi connectivity index (χ0v) is 12.1. The number of para-hydroxylation sites is 2. The van der Waals surface area contributed by atoms with Crippen molar-refractivity contribution in [3.8, 4) is 11.5 Å². The van der Waals surface area contributed by atoms with Crippen LogP contribution in [0.5, 0.6) is 0 Å². The maximum Gasteiger partial charge on any atom is 0.227 e. The average molecular weight is 297 g/mol. The summed E-state index contributed by atoms with van der Waals surface area (Å²) in [5.74, 6) is 0.603. The minimum atomic E-state index is 0.603. The van der Waals surface area contributed by atoms with Crippen LogP contribution in [-0.2, 0) is 0 Å². The summed E-state index contributed by atoms with van der Waals surface area (Å²) < 4.78 is 5.84.